The van der Waals surface area contributed by atoms with Crippen molar-refractivity contribution in [1.82, 2.24) is 14.7 Å². The van der Waals surface area contributed by atoms with Crippen LogP contribution in [0.5, 0.6) is 0 Å². The smallest absolute Gasteiger partial charge is 0.255 e. The van der Waals surface area contributed by atoms with Crippen LogP contribution in [-0.2, 0) is 19.7 Å². The number of benzene rings is 1. The number of amides is 1. The number of halogens is 3. The van der Waals surface area contributed by atoms with Crippen molar-refractivity contribution < 1.29 is 9.90 Å². The summed E-state index contributed by atoms with van der Waals surface area (Å²) in [6, 6.07) is 4.80. The Balaban J connectivity index is 1.88. The molecule has 1 N–H and O–H groups in total. The number of fused-ring (bicyclic) bond motifs is 1. The second-order valence-electron chi connectivity index (χ2n) is 4.98. The maximum absolute atomic E-state index is 12.7. The standard InChI is InChI=1S/C14H12Cl3N3O2/c15-8-3-11(13(17)12(16)4-8)14(22)19-1-2-20-10(6-19)5-9(7-21)18-20/h3-5,21H,1-2,6-7H2. The van der Waals surface area contributed by atoms with Gasteiger partial charge in [0.25, 0.3) is 5.91 Å². The Bertz CT molecular complexity index is 745. The van der Waals surface area contributed by atoms with Crippen molar-refractivity contribution in [2.45, 2.75) is 19.7 Å². The highest BCUT2D eigenvalue weighted by Gasteiger charge is 2.25. The Morgan fingerprint density at radius 2 is 2.00 bits per heavy atom. The molecule has 1 aromatic carbocycles. The van der Waals surface area contributed by atoms with Crippen LogP contribution in [-0.4, -0.2) is 32.2 Å². The molecule has 2 heterocycles. The van der Waals surface area contributed by atoms with Gasteiger partial charge in [0.1, 0.15) is 0 Å². The molecule has 5 nitrogen and oxygen atoms in total. The van der Waals surface area contributed by atoms with E-state index in [0.717, 1.165) is 5.69 Å². The molecule has 0 bridgehead atoms. The molecular formula is C14H12Cl3N3O2. The quantitative estimate of drug-likeness (QED) is 0.838. The number of hydrogen-bond donors (Lipinski definition) is 1. The summed E-state index contributed by atoms with van der Waals surface area (Å²) in [5.41, 5.74) is 1.75. The number of aliphatic hydroxyl groups excluding tert-OH is 1. The van der Waals surface area contributed by atoms with Crippen LogP contribution in [0.1, 0.15) is 21.7 Å². The Morgan fingerprint density at radius 1 is 1.23 bits per heavy atom. The number of rotatable bonds is 2. The molecule has 0 spiro atoms. The first-order chi connectivity index (χ1) is 10.5. The van der Waals surface area contributed by atoms with Crippen molar-refractivity contribution in [2.24, 2.45) is 0 Å². The molecule has 1 amide bonds. The van der Waals surface area contributed by atoms with E-state index in [1.54, 1.807) is 15.6 Å². The molecule has 116 valence electrons. The maximum Gasteiger partial charge on any atom is 0.255 e. The van der Waals surface area contributed by atoms with Gasteiger partial charge in [0, 0.05) is 11.6 Å². The molecule has 0 saturated heterocycles. The molecule has 0 fully saturated rings. The summed E-state index contributed by atoms with van der Waals surface area (Å²) >= 11 is 18.0. The van der Waals surface area contributed by atoms with Gasteiger partial charge in [-0.05, 0) is 18.2 Å². The molecule has 0 radical (unpaired) electrons. The Morgan fingerprint density at radius 3 is 2.73 bits per heavy atom. The molecule has 22 heavy (non-hydrogen) atoms. The first kappa shape index (κ1) is 15.6. The zero-order valence-electron chi connectivity index (χ0n) is 11.4. The van der Waals surface area contributed by atoms with Crippen LogP contribution in [0.25, 0.3) is 0 Å². The molecule has 1 aliphatic heterocycles. The number of aliphatic hydroxyl groups is 1. The van der Waals surface area contributed by atoms with Gasteiger partial charge in [0.2, 0.25) is 0 Å². The van der Waals surface area contributed by atoms with E-state index < -0.39 is 0 Å². The van der Waals surface area contributed by atoms with Crippen molar-refractivity contribution in [1.29, 1.82) is 0 Å². The van der Waals surface area contributed by atoms with Gasteiger partial charge in [0.15, 0.2) is 0 Å². The van der Waals surface area contributed by atoms with Crippen molar-refractivity contribution in [2.75, 3.05) is 6.54 Å². The van der Waals surface area contributed by atoms with Crippen molar-refractivity contribution in [3.63, 3.8) is 0 Å². The van der Waals surface area contributed by atoms with E-state index in [2.05, 4.69) is 5.10 Å². The highest BCUT2D eigenvalue weighted by atomic mass is 35.5. The van der Waals surface area contributed by atoms with Crippen LogP contribution in [0.2, 0.25) is 15.1 Å². The van der Waals surface area contributed by atoms with Gasteiger partial charge in [-0.25, -0.2) is 0 Å². The number of carbonyl (C=O) groups is 1. The Hall–Kier alpha value is -1.27. The topological polar surface area (TPSA) is 58.4 Å². The molecule has 1 aromatic heterocycles. The molecule has 0 atom stereocenters. The largest absolute Gasteiger partial charge is 0.390 e. The third kappa shape index (κ3) is 2.82. The van der Waals surface area contributed by atoms with Crippen LogP contribution in [0, 0.1) is 0 Å². The van der Waals surface area contributed by atoms with E-state index >= 15 is 0 Å². The second-order valence-corrected chi connectivity index (χ2v) is 6.21. The molecule has 2 aromatic rings. The first-order valence-corrected chi connectivity index (χ1v) is 7.73. The summed E-state index contributed by atoms with van der Waals surface area (Å²) in [7, 11) is 0. The van der Waals surface area contributed by atoms with Gasteiger partial charge in [-0.15, -0.1) is 0 Å². The van der Waals surface area contributed by atoms with E-state index in [1.807, 2.05) is 0 Å². The summed E-state index contributed by atoms with van der Waals surface area (Å²) in [5.74, 6) is -0.229. The van der Waals surface area contributed by atoms with Gasteiger partial charge >= 0.3 is 0 Å². The average molecular weight is 361 g/mol. The predicted molar refractivity (Wildman–Crippen MR) is 84.4 cm³/mol. The fraction of sp³-hybridized carbons (Fsp3) is 0.286. The third-order valence-electron chi connectivity index (χ3n) is 3.52. The lowest BCUT2D eigenvalue weighted by molar-refractivity contribution is 0.0706. The fourth-order valence-electron chi connectivity index (χ4n) is 2.46. The van der Waals surface area contributed by atoms with Crippen LogP contribution >= 0.6 is 34.8 Å². The maximum atomic E-state index is 12.7. The van der Waals surface area contributed by atoms with Gasteiger partial charge in [0.05, 0.1) is 46.7 Å². The zero-order valence-corrected chi connectivity index (χ0v) is 13.7. The lowest BCUT2D eigenvalue weighted by Gasteiger charge is -2.28. The minimum absolute atomic E-state index is 0.121. The Labute approximate surface area is 142 Å². The number of carbonyl (C=O) groups excluding carboxylic acids is 1. The molecule has 0 aliphatic carbocycles. The predicted octanol–water partition coefficient (Wildman–Crippen LogP) is 2.99. The SMILES string of the molecule is O=C(c1cc(Cl)cc(Cl)c1Cl)N1CCn2nc(CO)cc2C1. The van der Waals surface area contributed by atoms with Crippen molar-refractivity contribution in [3.8, 4) is 0 Å². The third-order valence-corrected chi connectivity index (χ3v) is 4.54. The minimum atomic E-state index is -0.229. The van der Waals surface area contributed by atoms with Gasteiger partial charge in [-0.3, -0.25) is 9.48 Å². The molecule has 0 unspecified atom stereocenters. The number of aromatic nitrogens is 2. The first-order valence-electron chi connectivity index (χ1n) is 6.60. The lowest BCUT2D eigenvalue weighted by Crippen LogP contribution is -2.38. The summed E-state index contributed by atoms with van der Waals surface area (Å²) in [4.78, 5) is 14.3. The van der Waals surface area contributed by atoms with Crippen LogP contribution < -0.4 is 0 Å². The van der Waals surface area contributed by atoms with Crippen LogP contribution in [0.4, 0.5) is 0 Å². The minimum Gasteiger partial charge on any atom is -0.390 e. The monoisotopic (exact) mass is 359 g/mol. The fourth-order valence-corrected chi connectivity index (χ4v) is 3.14. The summed E-state index contributed by atoms with van der Waals surface area (Å²) in [6.45, 7) is 1.34. The van der Waals surface area contributed by atoms with Crippen molar-refractivity contribution >= 4 is 40.7 Å². The lowest BCUT2D eigenvalue weighted by atomic mass is 10.1. The number of nitrogens with zero attached hydrogens (tertiary/aromatic N) is 3. The van der Waals surface area contributed by atoms with E-state index in [-0.39, 0.29) is 28.1 Å². The van der Waals surface area contributed by atoms with Gasteiger partial charge in [-0.2, -0.15) is 5.10 Å². The van der Waals surface area contributed by atoms with Crippen molar-refractivity contribution in [3.05, 3.63) is 50.2 Å². The summed E-state index contributed by atoms with van der Waals surface area (Å²) < 4.78 is 1.79. The molecular weight excluding hydrogens is 349 g/mol. The highest BCUT2D eigenvalue weighted by molar-refractivity contribution is 6.45. The molecule has 0 saturated carbocycles. The van der Waals surface area contributed by atoms with E-state index in [1.165, 1.54) is 12.1 Å². The molecule has 8 heteroatoms. The van der Waals surface area contributed by atoms with E-state index in [4.69, 9.17) is 39.9 Å². The van der Waals surface area contributed by atoms with E-state index in [0.29, 0.717) is 30.4 Å². The number of hydrogen-bond acceptors (Lipinski definition) is 3. The zero-order chi connectivity index (χ0) is 15.9. The highest BCUT2D eigenvalue weighted by Crippen LogP contribution is 2.31. The summed E-state index contributed by atoms with van der Waals surface area (Å²) in [6.07, 6.45) is 0. The average Bonchev–Trinajstić information content (AvgIpc) is 2.92. The van der Waals surface area contributed by atoms with E-state index in [9.17, 15) is 4.79 Å². The second kappa shape index (κ2) is 6.08. The van der Waals surface area contributed by atoms with Crippen LogP contribution in [0.3, 0.4) is 0 Å². The molecule has 1 aliphatic rings. The van der Waals surface area contributed by atoms with Gasteiger partial charge < -0.3 is 10.0 Å². The molecule has 3 rings (SSSR count). The normalized spacial score (nSPS) is 14.1. The Kier molecular flexibility index (Phi) is 4.32. The summed E-state index contributed by atoms with van der Waals surface area (Å²) in [5, 5.41) is 14.2. The van der Waals surface area contributed by atoms with Crippen LogP contribution in [0.15, 0.2) is 18.2 Å². The van der Waals surface area contributed by atoms with Gasteiger partial charge in [-0.1, -0.05) is 34.8 Å².